The Kier molecular flexibility index (Phi) is 6.77. The van der Waals surface area contributed by atoms with Crippen LogP contribution in [0.1, 0.15) is 5.76 Å². The van der Waals surface area contributed by atoms with E-state index in [1.54, 1.807) is 6.21 Å². The van der Waals surface area contributed by atoms with E-state index in [1.165, 1.54) is 0 Å². The van der Waals surface area contributed by atoms with E-state index in [0.717, 1.165) is 27.2 Å². The predicted octanol–water partition coefficient (Wildman–Crippen LogP) is 6.83. The van der Waals surface area contributed by atoms with Gasteiger partial charge in [-0.3, -0.25) is 0 Å². The normalized spacial score (nSPS) is 10.9. The first-order chi connectivity index (χ1) is 17.2. The molecule has 0 aliphatic rings. The van der Waals surface area contributed by atoms with Gasteiger partial charge < -0.3 is 15.1 Å². The number of para-hydroxylation sites is 2. The molecule has 2 heterocycles. The maximum Gasteiger partial charge on any atom is 0.250 e. The number of nitrogens with zero attached hydrogens (tertiary/aromatic N) is 4. The van der Waals surface area contributed by atoms with E-state index in [2.05, 4.69) is 52.0 Å². The highest BCUT2D eigenvalue weighted by Crippen LogP contribution is 2.23. The van der Waals surface area contributed by atoms with Crippen molar-refractivity contribution in [3.63, 3.8) is 0 Å². The second kappa shape index (κ2) is 10.6. The largest absolute Gasteiger partial charge is 0.455 e. The second-order valence-corrected chi connectivity index (χ2v) is 8.28. The molecular weight excluding hydrogens is 506 g/mol. The first kappa shape index (κ1) is 22.3. The molecule has 0 aliphatic carbocycles. The summed E-state index contributed by atoms with van der Waals surface area (Å²) < 4.78 is 6.88. The zero-order valence-electron chi connectivity index (χ0n) is 18.4. The van der Waals surface area contributed by atoms with Crippen LogP contribution in [0.15, 0.2) is 111 Å². The minimum absolute atomic E-state index is 0.271. The molecule has 3 N–H and O–H groups in total. The van der Waals surface area contributed by atoms with Crippen LogP contribution in [0.5, 0.6) is 0 Å². The molecule has 35 heavy (non-hydrogen) atoms. The Bertz CT molecular complexity index is 1360. The summed E-state index contributed by atoms with van der Waals surface area (Å²) in [5.74, 6) is 2.36. The fraction of sp³-hybridized carbons (Fsp3) is 0. The lowest BCUT2D eigenvalue weighted by Crippen LogP contribution is -2.07. The van der Waals surface area contributed by atoms with Crippen molar-refractivity contribution < 1.29 is 4.42 Å². The van der Waals surface area contributed by atoms with Gasteiger partial charge >= 0.3 is 0 Å². The highest BCUT2D eigenvalue weighted by molar-refractivity contribution is 9.10. The van der Waals surface area contributed by atoms with Crippen LogP contribution in [-0.2, 0) is 0 Å². The number of halogens is 1. The molecule has 0 fully saturated rings. The third kappa shape index (κ3) is 6.10. The Morgan fingerprint density at radius 3 is 1.83 bits per heavy atom. The summed E-state index contributed by atoms with van der Waals surface area (Å²) in [4.78, 5) is 13.3. The Labute approximate surface area is 210 Å². The maximum absolute atomic E-state index is 5.87. The predicted molar refractivity (Wildman–Crippen MR) is 142 cm³/mol. The molecule has 3 aromatic carbocycles. The van der Waals surface area contributed by atoms with Crippen LogP contribution in [0.3, 0.4) is 0 Å². The quantitative estimate of drug-likeness (QED) is 0.151. The molecule has 172 valence electrons. The number of aromatic nitrogens is 3. The summed E-state index contributed by atoms with van der Waals surface area (Å²) in [6.45, 7) is 0. The molecule has 5 rings (SSSR count). The van der Waals surface area contributed by atoms with Gasteiger partial charge in [-0.2, -0.15) is 20.1 Å². The Morgan fingerprint density at radius 1 is 0.657 bits per heavy atom. The standard InChI is InChI=1S/C26H20BrN7O/c27-19-13-11-18(12-14-19)23-16-15-22(35-23)17-28-34-26-32-24(29-20-7-3-1-4-8-20)31-25(33-26)30-21-9-5-2-6-10-21/h1-17H,(H3,29,30,31,32,33,34)/b28-17+. The Balaban J connectivity index is 1.34. The molecule has 0 atom stereocenters. The Hall–Kier alpha value is -4.50. The van der Waals surface area contributed by atoms with Gasteiger partial charge in [0.05, 0.1) is 6.21 Å². The highest BCUT2D eigenvalue weighted by Gasteiger charge is 2.08. The number of benzene rings is 3. The van der Waals surface area contributed by atoms with Gasteiger partial charge in [0, 0.05) is 21.4 Å². The van der Waals surface area contributed by atoms with Crippen molar-refractivity contribution in [2.24, 2.45) is 5.10 Å². The molecule has 0 aliphatic heterocycles. The number of furan rings is 1. The monoisotopic (exact) mass is 525 g/mol. The number of hydrogen-bond donors (Lipinski definition) is 3. The molecule has 0 bridgehead atoms. The summed E-state index contributed by atoms with van der Waals surface area (Å²) in [5.41, 5.74) is 5.55. The van der Waals surface area contributed by atoms with Crippen LogP contribution in [0.2, 0.25) is 0 Å². The first-order valence-corrected chi connectivity index (χ1v) is 11.6. The average molecular weight is 526 g/mol. The van der Waals surface area contributed by atoms with E-state index in [1.807, 2.05) is 97.1 Å². The summed E-state index contributed by atoms with van der Waals surface area (Å²) >= 11 is 3.44. The van der Waals surface area contributed by atoms with E-state index < -0.39 is 0 Å². The number of nitrogens with one attached hydrogen (secondary N) is 3. The molecule has 0 amide bonds. The zero-order chi connectivity index (χ0) is 23.9. The number of rotatable bonds is 8. The molecule has 0 radical (unpaired) electrons. The molecule has 0 saturated heterocycles. The molecular formula is C26H20BrN7O. The lowest BCUT2D eigenvalue weighted by molar-refractivity contribution is 0.575. The van der Waals surface area contributed by atoms with E-state index in [4.69, 9.17) is 4.42 Å². The molecule has 2 aromatic heterocycles. The lowest BCUT2D eigenvalue weighted by atomic mass is 10.2. The zero-order valence-corrected chi connectivity index (χ0v) is 20.0. The third-order valence-corrected chi connectivity index (χ3v) is 5.34. The molecule has 0 unspecified atom stereocenters. The SMILES string of the molecule is Brc1ccc(-c2ccc(/C=N/Nc3nc(Nc4ccccc4)nc(Nc4ccccc4)n3)o2)cc1. The van der Waals surface area contributed by atoms with Gasteiger partial charge in [-0.15, -0.1) is 0 Å². The maximum atomic E-state index is 5.87. The van der Waals surface area contributed by atoms with E-state index in [0.29, 0.717) is 17.7 Å². The number of anilines is 5. The van der Waals surface area contributed by atoms with Gasteiger partial charge in [-0.25, -0.2) is 5.43 Å². The summed E-state index contributed by atoms with van der Waals surface area (Å²) in [6, 6.07) is 31.0. The van der Waals surface area contributed by atoms with Crippen molar-refractivity contribution in [1.29, 1.82) is 0 Å². The van der Waals surface area contributed by atoms with E-state index >= 15 is 0 Å². The van der Waals surface area contributed by atoms with Crippen molar-refractivity contribution in [3.8, 4) is 11.3 Å². The minimum atomic E-state index is 0.271. The molecule has 0 saturated carbocycles. The summed E-state index contributed by atoms with van der Waals surface area (Å²) in [5, 5.41) is 10.6. The minimum Gasteiger partial charge on any atom is -0.455 e. The lowest BCUT2D eigenvalue weighted by Gasteiger charge is -2.10. The topological polar surface area (TPSA) is 100 Å². The third-order valence-electron chi connectivity index (χ3n) is 4.81. The van der Waals surface area contributed by atoms with Gasteiger partial charge in [0.2, 0.25) is 17.8 Å². The smallest absolute Gasteiger partial charge is 0.250 e. The van der Waals surface area contributed by atoms with Crippen LogP contribution in [0, 0.1) is 0 Å². The number of hydrazone groups is 1. The fourth-order valence-corrected chi connectivity index (χ4v) is 3.45. The molecule has 9 heteroatoms. The van der Waals surface area contributed by atoms with Crippen LogP contribution < -0.4 is 16.1 Å². The summed E-state index contributed by atoms with van der Waals surface area (Å²) in [7, 11) is 0. The fourth-order valence-electron chi connectivity index (χ4n) is 3.18. The van der Waals surface area contributed by atoms with Crippen LogP contribution in [-0.4, -0.2) is 21.2 Å². The highest BCUT2D eigenvalue weighted by atomic mass is 79.9. The van der Waals surface area contributed by atoms with Crippen LogP contribution >= 0.6 is 15.9 Å². The van der Waals surface area contributed by atoms with Crippen molar-refractivity contribution in [2.45, 2.75) is 0 Å². The Morgan fingerprint density at radius 2 is 1.23 bits per heavy atom. The first-order valence-electron chi connectivity index (χ1n) is 10.8. The van der Waals surface area contributed by atoms with E-state index in [9.17, 15) is 0 Å². The second-order valence-electron chi connectivity index (χ2n) is 7.37. The van der Waals surface area contributed by atoms with Crippen LogP contribution in [0.4, 0.5) is 29.2 Å². The van der Waals surface area contributed by atoms with Crippen molar-refractivity contribution in [1.82, 2.24) is 15.0 Å². The van der Waals surface area contributed by atoms with Gasteiger partial charge in [-0.05, 0) is 48.5 Å². The molecule has 0 spiro atoms. The average Bonchev–Trinajstić information content (AvgIpc) is 3.35. The summed E-state index contributed by atoms with van der Waals surface area (Å²) in [6.07, 6.45) is 1.57. The van der Waals surface area contributed by atoms with Crippen molar-refractivity contribution in [3.05, 3.63) is 107 Å². The van der Waals surface area contributed by atoms with Crippen molar-refractivity contribution >= 4 is 51.4 Å². The number of hydrogen-bond acceptors (Lipinski definition) is 8. The van der Waals surface area contributed by atoms with E-state index in [-0.39, 0.29) is 5.95 Å². The van der Waals surface area contributed by atoms with Gasteiger partial charge in [0.25, 0.3) is 0 Å². The van der Waals surface area contributed by atoms with Crippen LogP contribution in [0.25, 0.3) is 11.3 Å². The van der Waals surface area contributed by atoms with Gasteiger partial charge in [-0.1, -0.05) is 64.5 Å². The van der Waals surface area contributed by atoms with Gasteiger partial charge in [0.15, 0.2) is 0 Å². The van der Waals surface area contributed by atoms with Crippen molar-refractivity contribution in [2.75, 3.05) is 16.1 Å². The molecule has 8 nitrogen and oxygen atoms in total. The van der Waals surface area contributed by atoms with Gasteiger partial charge in [0.1, 0.15) is 11.5 Å². The molecule has 5 aromatic rings.